The van der Waals surface area contributed by atoms with Crippen LogP contribution in [0.5, 0.6) is 5.75 Å². The fourth-order valence-electron chi connectivity index (χ4n) is 2.75. The van der Waals surface area contributed by atoms with E-state index < -0.39 is 12.1 Å². The molecule has 0 spiro atoms. The Labute approximate surface area is 170 Å². The van der Waals surface area contributed by atoms with Crippen LogP contribution in [0, 0.1) is 11.3 Å². The van der Waals surface area contributed by atoms with Crippen LogP contribution in [-0.4, -0.2) is 44.3 Å². The third kappa shape index (κ3) is 5.41. The Bertz CT molecular complexity index is 968. The number of alkyl halides is 3. The molecule has 0 bridgehead atoms. The lowest BCUT2D eigenvalue weighted by molar-refractivity contribution is -0.170. The van der Waals surface area contributed by atoms with Crippen molar-refractivity contribution in [2.24, 2.45) is 4.99 Å². The topological polar surface area (TPSA) is 89.8 Å². The van der Waals surface area contributed by atoms with Gasteiger partial charge in [-0.2, -0.15) is 18.4 Å². The van der Waals surface area contributed by atoms with E-state index in [-0.39, 0.29) is 18.8 Å². The normalized spacial score (nSPS) is 13.1. The van der Waals surface area contributed by atoms with E-state index in [1.165, 1.54) is 18.2 Å². The molecule has 1 amide bonds. The average Bonchev–Trinajstić information content (AvgIpc) is 3.24. The third-order valence-corrected chi connectivity index (χ3v) is 4.15. The summed E-state index contributed by atoms with van der Waals surface area (Å²) in [5.74, 6) is -1.07. The number of hydrogen-bond acceptors (Lipinski definition) is 6. The van der Waals surface area contributed by atoms with Crippen LogP contribution >= 0.6 is 0 Å². The van der Waals surface area contributed by atoms with Crippen LogP contribution in [0.25, 0.3) is 0 Å². The van der Waals surface area contributed by atoms with Crippen LogP contribution in [0.15, 0.2) is 53.5 Å². The van der Waals surface area contributed by atoms with E-state index >= 15 is 0 Å². The number of nitrogens with one attached hydrogen (secondary N) is 2. The molecule has 2 N–H and O–H groups in total. The highest BCUT2D eigenvalue weighted by Crippen LogP contribution is 2.25. The SMILES string of the molecule is N#Cc1cccc(OCCN(C(=O)C(F)(F)F)c2ccc(NC3=NCCN3)cc2)c1. The molecule has 0 fully saturated rings. The largest absolute Gasteiger partial charge is 0.492 e. The van der Waals surface area contributed by atoms with E-state index in [0.717, 1.165) is 0 Å². The zero-order valence-electron chi connectivity index (χ0n) is 15.7. The second-order valence-electron chi connectivity index (χ2n) is 6.27. The summed E-state index contributed by atoms with van der Waals surface area (Å²) in [4.78, 5) is 16.7. The van der Waals surface area contributed by atoms with Gasteiger partial charge in [-0.25, -0.2) is 0 Å². The molecular formula is C20H18F3N5O2. The molecule has 7 nitrogen and oxygen atoms in total. The molecule has 1 aliphatic heterocycles. The number of anilines is 2. The lowest BCUT2D eigenvalue weighted by atomic mass is 10.2. The van der Waals surface area contributed by atoms with Crippen molar-refractivity contribution in [3.05, 3.63) is 54.1 Å². The summed E-state index contributed by atoms with van der Waals surface area (Å²) in [5, 5.41) is 14.9. The molecule has 2 aromatic carbocycles. The fraction of sp³-hybridized carbons (Fsp3) is 0.250. The predicted octanol–water partition coefficient (Wildman–Crippen LogP) is 2.90. The molecule has 0 saturated heterocycles. The number of amides is 1. The number of carbonyl (C=O) groups is 1. The number of nitrogens with zero attached hydrogens (tertiary/aromatic N) is 3. The first-order valence-corrected chi connectivity index (χ1v) is 9.04. The number of hydrogen-bond donors (Lipinski definition) is 2. The maximum atomic E-state index is 13.1. The van der Waals surface area contributed by atoms with Gasteiger partial charge in [0.1, 0.15) is 12.4 Å². The number of halogens is 3. The van der Waals surface area contributed by atoms with Gasteiger partial charge in [-0.05, 0) is 42.5 Å². The molecule has 0 atom stereocenters. The van der Waals surface area contributed by atoms with Crippen molar-refractivity contribution in [3.8, 4) is 11.8 Å². The molecule has 1 heterocycles. The van der Waals surface area contributed by atoms with Crippen molar-refractivity contribution < 1.29 is 22.7 Å². The van der Waals surface area contributed by atoms with E-state index in [4.69, 9.17) is 10.00 Å². The van der Waals surface area contributed by atoms with Crippen LogP contribution in [0.1, 0.15) is 5.56 Å². The standard InChI is InChI=1S/C20H18F3N5O2/c21-20(22,23)18(29)28(10-11-30-17-3-1-2-14(12-17)13-24)16-6-4-15(5-7-16)27-19-25-8-9-26-19/h1-7,12H,8-11H2,(H2,25,26,27). The summed E-state index contributed by atoms with van der Waals surface area (Å²) in [6.07, 6.45) is -5.03. The summed E-state index contributed by atoms with van der Waals surface area (Å²) in [5.41, 5.74) is 1.06. The highest BCUT2D eigenvalue weighted by atomic mass is 19.4. The van der Waals surface area contributed by atoms with Crippen molar-refractivity contribution in [2.45, 2.75) is 6.18 Å². The number of carbonyl (C=O) groups excluding carboxylic acids is 1. The van der Waals surface area contributed by atoms with E-state index in [0.29, 0.717) is 40.9 Å². The summed E-state index contributed by atoms with van der Waals surface area (Å²) in [6, 6.07) is 14.1. The van der Waals surface area contributed by atoms with E-state index in [1.54, 1.807) is 30.3 Å². The van der Waals surface area contributed by atoms with Crippen molar-refractivity contribution >= 4 is 23.2 Å². The smallest absolute Gasteiger partial charge is 0.471 e. The molecule has 156 valence electrons. The monoisotopic (exact) mass is 417 g/mol. The molecule has 0 saturated carbocycles. The molecule has 0 aliphatic carbocycles. The Morgan fingerprint density at radius 2 is 2.03 bits per heavy atom. The summed E-state index contributed by atoms with van der Waals surface area (Å²) in [7, 11) is 0. The molecule has 30 heavy (non-hydrogen) atoms. The minimum absolute atomic E-state index is 0.0820. The first kappa shape index (κ1) is 21.0. The highest BCUT2D eigenvalue weighted by molar-refractivity contribution is 5.98. The number of rotatable bonds is 6. The highest BCUT2D eigenvalue weighted by Gasteiger charge is 2.43. The van der Waals surface area contributed by atoms with Gasteiger partial charge in [0.25, 0.3) is 0 Å². The van der Waals surface area contributed by atoms with Crippen LogP contribution in [0.2, 0.25) is 0 Å². The number of ether oxygens (including phenoxy) is 1. The van der Waals surface area contributed by atoms with Gasteiger partial charge in [0, 0.05) is 17.9 Å². The predicted molar refractivity (Wildman–Crippen MR) is 105 cm³/mol. The first-order valence-electron chi connectivity index (χ1n) is 9.04. The molecule has 2 aromatic rings. The Kier molecular flexibility index (Phi) is 6.41. The van der Waals surface area contributed by atoms with Gasteiger partial charge in [0.15, 0.2) is 5.96 Å². The van der Waals surface area contributed by atoms with Crippen molar-refractivity contribution in [3.63, 3.8) is 0 Å². The Hall–Kier alpha value is -3.74. The maximum absolute atomic E-state index is 13.1. The number of aliphatic imine (C=N–C) groups is 1. The Morgan fingerprint density at radius 1 is 1.27 bits per heavy atom. The Balaban J connectivity index is 1.70. The zero-order chi connectivity index (χ0) is 21.6. The lowest BCUT2D eigenvalue weighted by Crippen LogP contribution is -2.43. The summed E-state index contributed by atoms with van der Waals surface area (Å²) < 4.78 is 44.7. The molecule has 0 unspecified atom stereocenters. The third-order valence-electron chi connectivity index (χ3n) is 4.15. The van der Waals surface area contributed by atoms with Crippen LogP contribution in [-0.2, 0) is 4.79 Å². The second-order valence-corrected chi connectivity index (χ2v) is 6.27. The van der Waals surface area contributed by atoms with Crippen LogP contribution < -0.4 is 20.3 Å². The van der Waals surface area contributed by atoms with Gasteiger partial charge in [-0.1, -0.05) is 6.07 Å². The van der Waals surface area contributed by atoms with E-state index in [2.05, 4.69) is 15.6 Å². The van der Waals surface area contributed by atoms with Gasteiger partial charge < -0.3 is 20.3 Å². The average molecular weight is 417 g/mol. The second kappa shape index (κ2) is 9.17. The van der Waals surface area contributed by atoms with E-state index in [9.17, 15) is 18.0 Å². The zero-order valence-corrected chi connectivity index (χ0v) is 15.7. The fourth-order valence-corrected chi connectivity index (χ4v) is 2.75. The van der Waals surface area contributed by atoms with Gasteiger partial charge in [-0.15, -0.1) is 0 Å². The van der Waals surface area contributed by atoms with Gasteiger partial charge in [0.2, 0.25) is 0 Å². The summed E-state index contributed by atoms with van der Waals surface area (Å²) in [6.45, 7) is 0.852. The van der Waals surface area contributed by atoms with Crippen molar-refractivity contribution in [2.75, 3.05) is 36.5 Å². The van der Waals surface area contributed by atoms with Crippen molar-refractivity contribution in [1.29, 1.82) is 5.26 Å². The minimum Gasteiger partial charge on any atom is -0.492 e. The molecule has 10 heteroatoms. The Morgan fingerprint density at radius 3 is 2.67 bits per heavy atom. The van der Waals surface area contributed by atoms with Gasteiger partial charge in [-0.3, -0.25) is 9.79 Å². The molecule has 1 aliphatic rings. The molecule has 3 rings (SSSR count). The minimum atomic E-state index is -5.03. The van der Waals surface area contributed by atoms with Crippen molar-refractivity contribution in [1.82, 2.24) is 5.32 Å². The molecular weight excluding hydrogens is 399 g/mol. The summed E-state index contributed by atoms with van der Waals surface area (Å²) >= 11 is 0. The first-order chi connectivity index (χ1) is 14.4. The van der Waals surface area contributed by atoms with Gasteiger partial charge >= 0.3 is 12.1 Å². The quantitative estimate of drug-likeness (QED) is 0.755. The number of nitriles is 1. The van der Waals surface area contributed by atoms with Crippen LogP contribution in [0.3, 0.4) is 0 Å². The van der Waals surface area contributed by atoms with Crippen LogP contribution in [0.4, 0.5) is 24.5 Å². The number of guanidine groups is 1. The molecule has 0 aromatic heterocycles. The van der Waals surface area contributed by atoms with Gasteiger partial charge in [0.05, 0.1) is 24.7 Å². The maximum Gasteiger partial charge on any atom is 0.471 e. The van der Waals surface area contributed by atoms with E-state index in [1.807, 2.05) is 6.07 Å². The number of benzene rings is 2. The molecule has 0 radical (unpaired) electrons. The lowest BCUT2D eigenvalue weighted by Gasteiger charge is -2.24.